The van der Waals surface area contributed by atoms with E-state index in [0.717, 1.165) is 43.5 Å². The lowest BCUT2D eigenvalue weighted by atomic mass is 9.94. The SMILES string of the molecule is Cc1cc(N2CCN(C(=O)C(C)(C)C)CC2)nc(C(C)C)n1. The Bertz CT molecular complexity index is 540. The van der Waals surface area contributed by atoms with Crippen LogP contribution in [0.2, 0.25) is 0 Å². The number of aryl methyl sites for hydroxylation is 1. The van der Waals surface area contributed by atoms with E-state index in [1.54, 1.807) is 0 Å². The number of carbonyl (C=O) groups excluding carboxylic acids is 1. The van der Waals surface area contributed by atoms with Crippen LogP contribution in [0.3, 0.4) is 0 Å². The van der Waals surface area contributed by atoms with Gasteiger partial charge in [0.05, 0.1) is 0 Å². The normalized spacial score (nSPS) is 16.3. The zero-order chi connectivity index (χ0) is 16.5. The van der Waals surface area contributed by atoms with Gasteiger partial charge in [-0.1, -0.05) is 34.6 Å². The summed E-state index contributed by atoms with van der Waals surface area (Å²) in [6.45, 7) is 15.3. The molecule has 1 aliphatic rings. The minimum atomic E-state index is -0.307. The number of hydrogen-bond acceptors (Lipinski definition) is 4. The highest BCUT2D eigenvalue weighted by Gasteiger charge is 2.30. The molecule has 22 heavy (non-hydrogen) atoms. The Hall–Kier alpha value is -1.65. The first-order valence-corrected chi connectivity index (χ1v) is 8.08. The summed E-state index contributed by atoms with van der Waals surface area (Å²) in [5.74, 6) is 2.43. The average molecular weight is 304 g/mol. The fourth-order valence-corrected chi connectivity index (χ4v) is 2.61. The standard InChI is InChI=1S/C17H28N4O/c1-12(2)15-18-13(3)11-14(19-15)20-7-9-21(10-8-20)16(22)17(4,5)6/h11-12H,7-10H2,1-6H3. The fourth-order valence-electron chi connectivity index (χ4n) is 2.61. The number of amides is 1. The summed E-state index contributed by atoms with van der Waals surface area (Å²) in [4.78, 5) is 25.8. The molecule has 0 aromatic carbocycles. The van der Waals surface area contributed by atoms with Crippen LogP contribution in [0.15, 0.2) is 6.07 Å². The summed E-state index contributed by atoms with van der Waals surface area (Å²) < 4.78 is 0. The van der Waals surface area contributed by atoms with Gasteiger partial charge in [-0.3, -0.25) is 4.79 Å². The van der Waals surface area contributed by atoms with E-state index < -0.39 is 0 Å². The fraction of sp³-hybridized carbons (Fsp3) is 0.706. The van der Waals surface area contributed by atoms with Crippen molar-refractivity contribution < 1.29 is 4.79 Å². The van der Waals surface area contributed by atoms with Crippen LogP contribution < -0.4 is 4.90 Å². The van der Waals surface area contributed by atoms with Crippen molar-refractivity contribution in [3.05, 3.63) is 17.6 Å². The number of anilines is 1. The Morgan fingerprint density at radius 3 is 2.23 bits per heavy atom. The predicted molar refractivity (Wildman–Crippen MR) is 89.1 cm³/mol. The molecule has 2 heterocycles. The summed E-state index contributed by atoms with van der Waals surface area (Å²) in [5.41, 5.74) is 0.695. The monoisotopic (exact) mass is 304 g/mol. The van der Waals surface area contributed by atoms with E-state index in [4.69, 9.17) is 0 Å². The number of nitrogens with zero attached hydrogens (tertiary/aromatic N) is 4. The van der Waals surface area contributed by atoms with Crippen LogP contribution in [0, 0.1) is 12.3 Å². The molecule has 0 saturated carbocycles. The van der Waals surface area contributed by atoms with Gasteiger partial charge in [-0.25, -0.2) is 9.97 Å². The molecular formula is C17H28N4O. The molecule has 0 N–H and O–H groups in total. The molecular weight excluding hydrogens is 276 g/mol. The molecule has 0 unspecified atom stereocenters. The molecule has 1 saturated heterocycles. The van der Waals surface area contributed by atoms with Gasteiger partial charge in [-0.05, 0) is 6.92 Å². The third-order valence-corrected chi connectivity index (χ3v) is 3.91. The zero-order valence-electron chi connectivity index (χ0n) is 14.7. The second-order valence-corrected chi connectivity index (χ2v) is 7.41. The quantitative estimate of drug-likeness (QED) is 0.842. The van der Waals surface area contributed by atoms with Gasteiger partial charge in [0.15, 0.2) is 0 Å². The van der Waals surface area contributed by atoms with Crippen molar-refractivity contribution in [2.45, 2.75) is 47.5 Å². The Kier molecular flexibility index (Phi) is 4.73. The first kappa shape index (κ1) is 16.7. The van der Waals surface area contributed by atoms with Gasteiger partial charge in [0.2, 0.25) is 5.91 Å². The maximum atomic E-state index is 12.3. The summed E-state index contributed by atoms with van der Waals surface area (Å²) in [6, 6.07) is 2.03. The van der Waals surface area contributed by atoms with Gasteiger partial charge in [0, 0.05) is 49.3 Å². The molecule has 0 atom stereocenters. The summed E-state index contributed by atoms with van der Waals surface area (Å²) in [5, 5.41) is 0. The van der Waals surface area contributed by atoms with Crippen molar-refractivity contribution in [3.8, 4) is 0 Å². The third kappa shape index (κ3) is 3.76. The molecule has 1 fully saturated rings. The topological polar surface area (TPSA) is 49.3 Å². The summed E-state index contributed by atoms with van der Waals surface area (Å²) in [7, 11) is 0. The van der Waals surface area contributed by atoms with Crippen molar-refractivity contribution in [3.63, 3.8) is 0 Å². The Morgan fingerprint density at radius 1 is 1.14 bits per heavy atom. The highest BCUT2D eigenvalue weighted by molar-refractivity contribution is 5.81. The molecule has 5 heteroatoms. The van der Waals surface area contributed by atoms with E-state index in [0.29, 0.717) is 5.92 Å². The van der Waals surface area contributed by atoms with Crippen LogP contribution >= 0.6 is 0 Å². The van der Waals surface area contributed by atoms with Gasteiger partial charge >= 0.3 is 0 Å². The summed E-state index contributed by atoms with van der Waals surface area (Å²) in [6.07, 6.45) is 0. The van der Waals surface area contributed by atoms with E-state index in [-0.39, 0.29) is 11.3 Å². The van der Waals surface area contributed by atoms with Crippen LogP contribution in [0.25, 0.3) is 0 Å². The highest BCUT2D eigenvalue weighted by atomic mass is 16.2. The van der Waals surface area contributed by atoms with Crippen molar-refractivity contribution in [1.29, 1.82) is 0 Å². The molecule has 122 valence electrons. The van der Waals surface area contributed by atoms with Gasteiger partial charge in [0.1, 0.15) is 11.6 Å². The van der Waals surface area contributed by atoms with Gasteiger partial charge in [0.25, 0.3) is 0 Å². The molecule has 0 aliphatic carbocycles. The van der Waals surface area contributed by atoms with Crippen LogP contribution in [-0.2, 0) is 4.79 Å². The zero-order valence-corrected chi connectivity index (χ0v) is 14.7. The predicted octanol–water partition coefficient (Wildman–Crippen LogP) is 2.60. The third-order valence-electron chi connectivity index (χ3n) is 3.91. The van der Waals surface area contributed by atoms with Gasteiger partial charge in [-0.2, -0.15) is 0 Å². The lowest BCUT2D eigenvalue weighted by molar-refractivity contribution is -0.139. The van der Waals surface area contributed by atoms with E-state index in [9.17, 15) is 4.79 Å². The van der Waals surface area contributed by atoms with Crippen molar-refractivity contribution in [2.24, 2.45) is 5.41 Å². The maximum Gasteiger partial charge on any atom is 0.228 e. The molecule has 0 spiro atoms. The molecule has 2 rings (SSSR count). The van der Waals surface area contributed by atoms with Gasteiger partial charge in [-0.15, -0.1) is 0 Å². The maximum absolute atomic E-state index is 12.3. The molecule has 5 nitrogen and oxygen atoms in total. The van der Waals surface area contributed by atoms with E-state index in [1.807, 2.05) is 38.7 Å². The lowest BCUT2D eigenvalue weighted by Crippen LogP contribution is -2.52. The molecule has 0 radical (unpaired) electrons. The molecule has 1 amide bonds. The van der Waals surface area contributed by atoms with Crippen LogP contribution in [0.4, 0.5) is 5.82 Å². The lowest BCUT2D eigenvalue weighted by Gasteiger charge is -2.38. The number of rotatable bonds is 2. The number of piperazine rings is 1. The molecule has 0 bridgehead atoms. The minimum Gasteiger partial charge on any atom is -0.353 e. The summed E-state index contributed by atoms with van der Waals surface area (Å²) >= 11 is 0. The van der Waals surface area contributed by atoms with Gasteiger partial charge < -0.3 is 9.80 Å². The molecule has 1 aromatic heterocycles. The van der Waals surface area contributed by atoms with Crippen LogP contribution in [-0.4, -0.2) is 47.0 Å². The Morgan fingerprint density at radius 2 is 1.73 bits per heavy atom. The van der Waals surface area contributed by atoms with E-state index in [1.165, 1.54) is 0 Å². The van der Waals surface area contributed by atoms with Crippen LogP contribution in [0.1, 0.15) is 52.1 Å². The number of carbonyl (C=O) groups is 1. The van der Waals surface area contributed by atoms with Crippen molar-refractivity contribution >= 4 is 11.7 Å². The van der Waals surface area contributed by atoms with Crippen molar-refractivity contribution in [1.82, 2.24) is 14.9 Å². The van der Waals surface area contributed by atoms with E-state index >= 15 is 0 Å². The first-order valence-electron chi connectivity index (χ1n) is 8.08. The number of aromatic nitrogens is 2. The Labute approximate surface area is 133 Å². The minimum absolute atomic E-state index is 0.230. The average Bonchev–Trinajstić information content (AvgIpc) is 2.45. The second kappa shape index (κ2) is 6.23. The highest BCUT2D eigenvalue weighted by Crippen LogP contribution is 2.22. The Balaban J connectivity index is 2.07. The molecule has 1 aliphatic heterocycles. The van der Waals surface area contributed by atoms with E-state index in [2.05, 4.69) is 28.7 Å². The van der Waals surface area contributed by atoms with Crippen LogP contribution in [0.5, 0.6) is 0 Å². The second-order valence-electron chi connectivity index (χ2n) is 7.41. The number of hydrogen-bond donors (Lipinski definition) is 0. The largest absolute Gasteiger partial charge is 0.353 e. The smallest absolute Gasteiger partial charge is 0.228 e. The molecule has 1 aromatic rings. The van der Waals surface area contributed by atoms with Crippen molar-refractivity contribution in [2.75, 3.05) is 31.1 Å². The first-order chi connectivity index (χ1) is 10.2.